The van der Waals surface area contributed by atoms with Crippen molar-refractivity contribution in [3.05, 3.63) is 55.8 Å². The number of hydrogen-bond acceptors (Lipinski definition) is 2. The monoisotopic (exact) mass is 329 g/mol. The van der Waals surface area contributed by atoms with Crippen molar-refractivity contribution in [3.8, 4) is 0 Å². The third-order valence-corrected chi connectivity index (χ3v) is 3.72. The van der Waals surface area contributed by atoms with E-state index >= 15 is 0 Å². The predicted octanol–water partition coefficient (Wildman–Crippen LogP) is 3.60. The molecule has 0 aliphatic rings. The molecule has 1 aromatic heterocycles. The number of halogens is 1. The molecule has 0 radical (unpaired) electrons. The Balaban J connectivity index is 2.11. The third-order valence-electron chi connectivity index (χ3n) is 2.31. The highest BCUT2D eigenvalue weighted by Crippen LogP contribution is 2.19. The van der Waals surface area contributed by atoms with Gasteiger partial charge < -0.3 is 5.73 Å². The first kappa shape index (κ1) is 11.1. The van der Waals surface area contributed by atoms with E-state index in [1.807, 2.05) is 0 Å². The van der Waals surface area contributed by atoms with Crippen molar-refractivity contribution in [2.24, 2.45) is 5.73 Å². The standard InChI is InChI=1S/C12H12INS/c13-11-3-1-2-10(7-11)12(14)6-9-4-5-15-8-9/h1-5,7-8,12H,6,14H2. The van der Waals surface area contributed by atoms with Crippen LogP contribution in [0.25, 0.3) is 0 Å². The Hall–Kier alpha value is -0.390. The zero-order valence-corrected chi connectivity index (χ0v) is 11.2. The van der Waals surface area contributed by atoms with E-state index in [0.717, 1.165) is 6.42 Å². The normalized spacial score (nSPS) is 12.7. The average molecular weight is 329 g/mol. The highest BCUT2D eigenvalue weighted by molar-refractivity contribution is 14.1. The zero-order valence-electron chi connectivity index (χ0n) is 8.19. The molecule has 15 heavy (non-hydrogen) atoms. The summed E-state index contributed by atoms with van der Waals surface area (Å²) in [6.07, 6.45) is 0.920. The minimum atomic E-state index is 0.106. The third kappa shape index (κ3) is 3.03. The Morgan fingerprint density at radius 1 is 1.33 bits per heavy atom. The Bertz CT molecular complexity index is 425. The summed E-state index contributed by atoms with van der Waals surface area (Å²) < 4.78 is 1.24. The summed E-state index contributed by atoms with van der Waals surface area (Å²) in [6.45, 7) is 0. The average Bonchev–Trinajstić information content (AvgIpc) is 2.70. The molecule has 1 aromatic carbocycles. The molecule has 1 unspecified atom stereocenters. The van der Waals surface area contributed by atoms with Gasteiger partial charge in [0.1, 0.15) is 0 Å². The molecule has 2 N–H and O–H groups in total. The maximum atomic E-state index is 6.16. The lowest BCUT2D eigenvalue weighted by Gasteiger charge is -2.11. The highest BCUT2D eigenvalue weighted by atomic mass is 127. The summed E-state index contributed by atoms with van der Waals surface area (Å²) in [4.78, 5) is 0. The number of benzene rings is 1. The SMILES string of the molecule is NC(Cc1ccsc1)c1cccc(I)c1. The summed E-state index contributed by atoms with van der Waals surface area (Å²) in [6, 6.07) is 10.6. The van der Waals surface area contributed by atoms with Crippen LogP contribution in [0, 0.1) is 3.57 Å². The molecule has 1 nitrogen and oxygen atoms in total. The van der Waals surface area contributed by atoms with Crippen LogP contribution in [0.5, 0.6) is 0 Å². The number of nitrogens with two attached hydrogens (primary N) is 1. The van der Waals surface area contributed by atoms with E-state index in [1.54, 1.807) is 11.3 Å². The van der Waals surface area contributed by atoms with Crippen molar-refractivity contribution in [1.29, 1.82) is 0 Å². The highest BCUT2D eigenvalue weighted by Gasteiger charge is 2.07. The second-order valence-electron chi connectivity index (χ2n) is 3.50. The van der Waals surface area contributed by atoms with E-state index in [2.05, 4.69) is 63.7 Å². The van der Waals surface area contributed by atoms with Crippen molar-refractivity contribution in [3.63, 3.8) is 0 Å². The fourth-order valence-electron chi connectivity index (χ4n) is 1.52. The van der Waals surface area contributed by atoms with Gasteiger partial charge in [-0.3, -0.25) is 0 Å². The fourth-order valence-corrected chi connectivity index (χ4v) is 2.77. The largest absolute Gasteiger partial charge is 0.324 e. The maximum absolute atomic E-state index is 6.16. The van der Waals surface area contributed by atoms with Crippen molar-refractivity contribution < 1.29 is 0 Å². The molecule has 0 bridgehead atoms. The van der Waals surface area contributed by atoms with Crippen molar-refractivity contribution in [1.82, 2.24) is 0 Å². The Morgan fingerprint density at radius 3 is 2.87 bits per heavy atom. The zero-order chi connectivity index (χ0) is 10.7. The summed E-state index contributed by atoms with van der Waals surface area (Å²) >= 11 is 4.04. The van der Waals surface area contributed by atoms with Gasteiger partial charge in [0.2, 0.25) is 0 Å². The van der Waals surface area contributed by atoms with E-state index in [1.165, 1.54) is 14.7 Å². The quantitative estimate of drug-likeness (QED) is 0.856. The van der Waals surface area contributed by atoms with E-state index < -0.39 is 0 Å². The van der Waals surface area contributed by atoms with Gasteiger partial charge in [-0.25, -0.2) is 0 Å². The minimum Gasteiger partial charge on any atom is -0.324 e. The molecule has 0 saturated heterocycles. The molecule has 1 heterocycles. The van der Waals surface area contributed by atoms with Crippen molar-refractivity contribution in [2.75, 3.05) is 0 Å². The Kier molecular flexibility index (Phi) is 3.77. The lowest BCUT2D eigenvalue weighted by atomic mass is 10.0. The van der Waals surface area contributed by atoms with Gasteiger partial charge in [0.15, 0.2) is 0 Å². The molecule has 0 amide bonds. The second kappa shape index (κ2) is 5.09. The molecule has 3 heteroatoms. The second-order valence-corrected chi connectivity index (χ2v) is 5.52. The maximum Gasteiger partial charge on any atom is 0.0336 e. The lowest BCUT2D eigenvalue weighted by Crippen LogP contribution is -2.12. The van der Waals surface area contributed by atoms with E-state index in [0.29, 0.717) is 0 Å². The van der Waals surface area contributed by atoms with Gasteiger partial charge >= 0.3 is 0 Å². The molecular formula is C12H12INS. The molecule has 0 spiro atoms. The molecule has 1 atom stereocenters. The molecule has 0 aliphatic heterocycles. The first-order valence-corrected chi connectivity index (χ1v) is 6.80. The van der Waals surface area contributed by atoms with Gasteiger partial charge in [0.25, 0.3) is 0 Å². The minimum absolute atomic E-state index is 0.106. The van der Waals surface area contributed by atoms with Gasteiger partial charge in [-0.15, -0.1) is 0 Å². The molecule has 0 saturated carbocycles. The van der Waals surface area contributed by atoms with Gasteiger partial charge in [0, 0.05) is 9.61 Å². The number of hydrogen-bond donors (Lipinski definition) is 1. The van der Waals surface area contributed by atoms with Crippen LogP contribution in [-0.4, -0.2) is 0 Å². The molecular weight excluding hydrogens is 317 g/mol. The van der Waals surface area contributed by atoms with Crippen LogP contribution >= 0.6 is 33.9 Å². The Morgan fingerprint density at radius 2 is 2.20 bits per heavy atom. The van der Waals surface area contributed by atoms with Crippen LogP contribution in [-0.2, 0) is 6.42 Å². The predicted molar refractivity (Wildman–Crippen MR) is 74.1 cm³/mol. The van der Waals surface area contributed by atoms with Crippen LogP contribution in [0.3, 0.4) is 0 Å². The van der Waals surface area contributed by atoms with Gasteiger partial charge in [-0.1, -0.05) is 12.1 Å². The molecule has 78 valence electrons. The summed E-state index contributed by atoms with van der Waals surface area (Å²) in [7, 11) is 0. The molecule has 2 aromatic rings. The van der Waals surface area contributed by atoms with Crippen LogP contribution in [0.2, 0.25) is 0 Å². The summed E-state index contributed by atoms with van der Waals surface area (Å²) in [5.74, 6) is 0. The van der Waals surface area contributed by atoms with Crippen molar-refractivity contribution in [2.45, 2.75) is 12.5 Å². The molecule has 2 rings (SSSR count). The number of thiophene rings is 1. The smallest absolute Gasteiger partial charge is 0.0336 e. The molecule has 0 aliphatic carbocycles. The first-order chi connectivity index (χ1) is 7.25. The van der Waals surface area contributed by atoms with Crippen LogP contribution in [0.15, 0.2) is 41.1 Å². The van der Waals surface area contributed by atoms with Gasteiger partial charge in [-0.2, -0.15) is 11.3 Å². The van der Waals surface area contributed by atoms with E-state index in [-0.39, 0.29) is 6.04 Å². The fraction of sp³-hybridized carbons (Fsp3) is 0.167. The topological polar surface area (TPSA) is 26.0 Å². The van der Waals surface area contributed by atoms with Gasteiger partial charge in [0.05, 0.1) is 0 Å². The Labute approximate surface area is 107 Å². The van der Waals surface area contributed by atoms with Crippen molar-refractivity contribution >= 4 is 33.9 Å². The van der Waals surface area contributed by atoms with E-state index in [9.17, 15) is 0 Å². The lowest BCUT2D eigenvalue weighted by molar-refractivity contribution is 0.723. The molecule has 0 fully saturated rings. The van der Waals surface area contributed by atoms with Gasteiger partial charge in [-0.05, 0) is 69.1 Å². The first-order valence-electron chi connectivity index (χ1n) is 4.78. The van der Waals surface area contributed by atoms with Crippen LogP contribution < -0.4 is 5.73 Å². The van der Waals surface area contributed by atoms with E-state index in [4.69, 9.17) is 5.73 Å². The summed E-state index contributed by atoms with van der Waals surface area (Å²) in [5.41, 5.74) is 8.70. The van der Waals surface area contributed by atoms with Crippen LogP contribution in [0.1, 0.15) is 17.2 Å². The van der Waals surface area contributed by atoms with Crippen LogP contribution in [0.4, 0.5) is 0 Å². The number of rotatable bonds is 3. The summed E-state index contributed by atoms with van der Waals surface area (Å²) in [5, 5.41) is 4.25.